The molecule has 25 heavy (non-hydrogen) atoms. The number of amides is 1. The standard InChI is InChI=1S/C15H13F3N2O5/c1-9-5-13(20-25-9)23-8-14(22)24-7-12(21)19-11-4-2-3-10(6-11)15(16,17)18/h2-6H,7-8H2,1H3,(H,19,21). The van der Waals surface area contributed by atoms with Gasteiger partial charge >= 0.3 is 12.1 Å². The first-order chi connectivity index (χ1) is 11.7. The summed E-state index contributed by atoms with van der Waals surface area (Å²) < 4.78 is 52.1. The highest BCUT2D eigenvalue weighted by molar-refractivity contribution is 5.92. The number of aryl methyl sites for hydroxylation is 1. The fourth-order valence-corrected chi connectivity index (χ4v) is 1.70. The van der Waals surface area contributed by atoms with Crippen LogP contribution >= 0.6 is 0 Å². The first-order valence-corrected chi connectivity index (χ1v) is 6.93. The fraction of sp³-hybridized carbons (Fsp3) is 0.267. The van der Waals surface area contributed by atoms with Crippen molar-refractivity contribution in [2.45, 2.75) is 13.1 Å². The highest BCUT2D eigenvalue weighted by Crippen LogP contribution is 2.30. The Kier molecular flexibility index (Phi) is 5.63. The number of nitrogens with zero attached hydrogens (tertiary/aromatic N) is 1. The third-order valence-corrected chi connectivity index (χ3v) is 2.78. The number of rotatable bonds is 6. The van der Waals surface area contributed by atoms with Crippen LogP contribution in [0.15, 0.2) is 34.9 Å². The molecule has 0 bridgehead atoms. The van der Waals surface area contributed by atoms with E-state index in [2.05, 4.69) is 15.2 Å². The molecule has 0 atom stereocenters. The molecule has 1 heterocycles. The summed E-state index contributed by atoms with van der Waals surface area (Å²) in [5.41, 5.74) is -0.969. The van der Waals surface area contributed by atoms with Gasteiger partial charge in [0, 0.05) is 11.8 Å². The van der Waals surface area contributed by atoms with Gasteiger partial charge in [0.25, 0.3) is 11.8 Å². The van der Waals surface area contributed by atoms with E-state index in [1.807, 2.05) is 0 Å². The van der Waals surface area contributed by atoms with Gasteiger partial charge in [-0.15, -0.1) is 0 Å². The van der Waals surface area contributed by atoms with Crippen LogP contribution in [0.3, 0.4) is 0 Å². The molecular formula is C15H13F3N2O5. The molecule has 2 rings (SSSR count). The highest BCUT2D eigenvalue weighted by Gasteiger charge is 2.30. The molecule has 0 fully saturated rings. The highest BCUT2D eigenvalue weighted by atomic mass is 19.4. The first kappa shape index (κ1) is 18.3. The minimum Gasteiger partial charge on any atom is -0.463 e. The van der Waals surface area contributed by atoms with E-state index in [0.717, 1.165) is 18.2 Å². The Morgan fingerprint density at radius 1 is 1.24 bits per heavy atom. The van der Waals surface area contributed by atoms with Crippen molar-refractivity contribution in [2.75, 3.05) is 18.5 Å². The fourth-order valence-electron chi connectivity index (χ4n) is 1.70. The topological polar surface area (TPSA) is 90.7 Å². The largest absolute Gasteiger partial charge is 0.463 e. The van der Waals surface area contributed by atoms with Crippen molar-refractivity contribution >= 4 is 17.6 Å². The number of esters is 1. The average Bonchev–Trinajstić information content (AvgIpc) is 2.96. The van der Waals surface area contributed by atoms with Crippen LogP contribution in [0.25, 0.3) is 0 Å². The molecule has 10 heteroatoms. The van der Waals surface area contributed by atoms with Gasteiger partial charge in [-0.2, -0.15) is 13.2 Å². The SMILES string of the molecule is Cc1cc(OCC(=O)OCC(=O)Nc2cccc(C(F)(F)F)c2)no1. The van der Waals surface area contributed by atoms with Crippen molar-refractivity contribution < 1.29 is 36.8 Å². The summed E-state index contributed by atoms with van der Waals surface area (Å²) in [6.45, 7) is 0.468. The maximum Gasteiger partial charge on any atom is 0.416 e. The number of benzene rings is 1. The number of alkyl halides is 3. The maximum absolute atomic E-state index is 12.6. The molecular weight excluding hydrogens is 345 g/mol. The van der Waals surface area contributed by atoms with Crippen LogP contribution in [0.1, 0.15) is 11.3 Å². The van der Waals surface area contributed by atoms with Gasteiger partial charge in [-0.1, -0.05) is 6.07 Å². The number of halogens is 3. The number of hydrogen-bond donors (Lipinski definition) is 1. The number of carbonyl (C=O) groups excluding carboxylic acids is 2. The van der Waals surface area contributed by atoms with Gasteiger partial charge in [-0.25, -0.2) is 4.79 Å². The molecule has 0 radical (unpaired) electrons. The van der Waals surface area contributed by atoms with Crippen molar-refractivity contribution in [3.63, 3.8) is 0 Å². The van der Waals surface area contributed by atoms with Crippen molar-refractivity contribution in [3.05, 3.63) is 41.7 Å². The van der Waals surface area contributed by atoms with Crippen molar-refractivity contribution in [3.8, 4) is 5.88 Å². The smallest absolute Gasteiger partial charge is 0.416 e. The number of ether oxygens (including phenoxy) is 2. The number of hydrogen-bond acceptors (Lipinski definition) is 6. The van der Waals surface area contributed by atoms with E-state index in [0.29, 0.717) is 5.76 Å². The molecule has 134 valence electrons. The van der Waals surface area contributed by atoms with E-state index in [1.165, 1.54) is 12.1 Å². The van der Waals surface area contributed by atoms with E-state index < -0.39 is 36.8 Å². The second-order valence-electron chi connectivity index (χ2n) is 4.85. The Morgan fingerprint density at radius 3 is 2.64 bits per heavy atom. The average molecular weight is 358 g/mol. The number of nitrogens with one attached hydrogen (secondary N) is 1. The van der Waals surface area contributed by atoms with Crippen molar-refractivity contribution in [1.82, 2.24) is 5.16 Å². The third-order valence-electron chi connectivity index (χ3n) is 2.78. The van der Waals surface area contributed by atoms with E-state index >= 15 is 0 Å². The van der Waals surface area contributed by atoms with Gasteiger partial charge in [-0.05, 0) is 30.3 Å². The predicted molar refractivity (Wildman–Crippen MR) is 77.8 cm³/mol. The Balaban J connectivity index is 1.77. The zero-order valence-corrected chi connectivity index (χ0v) is 12.9. The molecule has 0 aliphatic rings. The maximum atomic E-state index is 12.6. The lowest BCUT2D eigenvalue weighted by Gasteiger charge is -2.10. The van der Waals surface area contributed by atoms with Crippen molar-refractivity contribution in [2.24, 2.45) is 0 Å². The molecule has 1 N–H and O–H groups in total. The first-order valence-electron chi connectivity index (χ1n) is 6.93. The van der Waals surface area contributed by atoms with E-state index in [9.17, 15) is 22.8 Å². The molecule has 0 spiro atoms. The summed E-state index contributed by atoms with van der Waals surface area (Å²) in [5, 5.41) is 5.69. The van der Waals surface area contributed by atoms with Crippen LogP contribution < -0.4 is 10.1 Å². The number of aromatic nitrogens is 1. The van der Waals surface area contributed by atoms with Gasteiger partial charge in [-0.3, -0.25) is 4.79 Å². The quantitative estimate of drug-likeness (QED) is 0.798. The summed E-state index contributed by atoms with van der Waals surface area (Å²) in [5.74, 6) is -1.06. The zero-order chi connectivity index (χ0) is 18.4. The summed E-state index contributed by atoms with van der Waals surface area (Å²) in [6, 6.07) is 5.53. The third kappa shape index (κ3) is 5.83. The molecule has 2 aromatic rings. The van der Waals surface area contributed by atoms with Gasteiger partial charge in [0.2, 0.25) is 0 Å². The van der Waals surface area contributed by atoms with Gasteiger partial charge in [0.05, 0.1) is 5.56 Å². The molecule has 0 aliphatic carbocycles. The van der Waals surface area contributed by atoms with Crippen LogP contribution in [-0.4, -0.2) is 30.2 Å². The Morgan fingerprint density at radius 2 is 2.00 bits per heavy atom. The summed E-state index contributed by atoms with van der Waals surface area (Å²) in [4.78, 5) is 23.0. The summed E-state index contributed by atoms with van der Waals surface area (Å²) in [7, 11) is 0. The van der Waals surface area contributed by atoms with Gasteiger partial charge < -0.3 is 19.3 Å². The summed E-state index contributed by atoms with van der Waals surface area (Å²) in [6.07, 6.45) is -4.52. The molecule has 1 aromatic heterocycles. The van der Waals surface area contributed by atoms with E-state index in [1.54, 1.807) is 6.92 Å². The van der Waals surface area contributed by atoms with Crippen LogP contribution in [0.5, 0.6) is 5.88 Å². The molecule has 1 amide bonds. The van der Waals surface area contributed by atoms with Gasteiger partial charge in [0.1, 0.15) is 5.76 Å². The molecule has 0 unspecified atom stereocenters. The van der Waals surface area contributed by atoms with Crippen LogP contribution in [0.2, 0.25) is 0 Å². The van der Waals surface area contributed by atoms with Crippen LogP contribution in [-0.2, 0) is 20.5 Å². The molecule has 7 nitrogen and oxygen atoms in total. The van der Waals surface area contributed by atoms with Crippen molar-refractivity contribution in [1.29, 1.82) is 0 Å². The predicted octanol–water partition coefficient (Wildman–Crippen LogP) is 2.56. The van der Waals surface area contributed by atoms with Crippen LogP contribution in [0.4, 0.5) is 18.9 Å². The molecule has 0 aliphatic heterocycles. The molecule has 0 saturated carbocycles. The van der Waals surface area contributed by atoms with E-state index in [-0.39, 0.29) is 11.6 Å². The second kappa shape index (κ2) is 7.69. The molecule has 1 aromatic carbocycles. The minimum absolute atomic E-state index is 0.0646. The normalized spacial score (nSPS) is 11.0. The van der Waals surface area contributed by atoms with Crippen LogP contribution in [0, 0.1) is 6.92 Å². The molecule has 0 saturated heterocycles. The Bertz CT molecular complexity index is 758. The lowest BCUT2D eigenvalue weighted by molar-refractivity contribution is -0.149. The minimum atomic E-state index is -4.52. The monoisotopic (exact) mass is 358 g/mol. The second-order valence-corrected chi connectivity index (χ2v) is 4.85. The van der Waals surface area contributed by atoms with Gasteiger partial charge in [0.15, 0.2) is 13.2 Å². The lowest BCUT2D eigenvalue weighted by Crippen LogP contribution is -2.23. The number of carbonyl (C=O) groups is 2. The Labute approximate surface area is 139 Å². The number of anilines is 1. The Hall–Kier alpha value is -3.04. The summed E-state index contributed by atoms with van der Waals surface area (Å²) >= 11 is 0. The zero-order valence-electron chi connectivity index (χ0n) is 12.9. The van der Waals surface area contributed by atoms with E-state index in [4.69, 9.17) is 9.26 Å². The lowest BCUT2D eigenvalue weighted by atomic mass is 10.2.